The van der Waals surface area contributed by atoms with Crippen LogP contribution in [0.15, 0.2) is 0 Å². The van der Waals surface area contributed by atoms with Crippen LogP contribution in [0.4, 0.5) is 0 Å². The van der Waals surface area contributed by atoms with E-state index in [1.807, 2.05) is 0 Å². The fourth-order valence-corrected chi connectivity index (χ4v) is 2.87. The second-order valence-electron chi connectivity index (χ2n) is 7.05. The van der Waals surface area contributed by atoms with Crippen LogP contribution in [0.3, 0.4) is 0 Å². The molecule has 0 radical (unpaired) electrons. The minimum Gasteiger partial charge on any atom is -0.381 e. The molecule has 3 nitrogen and oxygen atoms in total. The average molecular weight is 255 g/mol. The largest absolute Gasteiger partial charge is 0.381 e. The molecule has 1 aliphatic heterocycles. The zero-order valence-electron chi connectivity index (χ0n) is 12.4. The van der Waals surface area contributed by atoms with Crippen LogP contribution in [0, 0.1) is 5.92 Å². The summed E-state index contributed by atoms with van der Waals surface area (Å²) in [6.07, 6.45) is 4.94. The summed E-state index contributed by atoms with van der Waals surface area (Å²) >= 11 is 0. The van der Waals surface area contributed by atoms with E-state index in [0.29, 0.717) is 6.04 Å². The SMILES string of the molecule is CC1(C)CC(NCCCOCC2CC2)C(C)(C)O1. The van der Waals surface area contributed by atoms with Gasteiger partial charge in [0.15, 0.2) is 0 Å². The molecule has 0 aromatic heterocycles. The molecule has 0 spiro atoms. The topological polar surface area (TPSA) is 30.5 Å². The van der Waals surface area contributed by atoms with Crippen molar-refractivity contribution in [1.29, 1.82) is 0 Å². The van der Waals surface area contributed by atoms with Crippen LogP contribution in [0.25, 0.3) is 0 Å². The first kappa shape index (κ1) is 14.3. The van der Waals surface area contributed by atoms with E-state index in [1.54, 1.807) is 0 Å². The van der Waals surface area contributed by atoms with Crippen molar-refractivity contribution in [1.82, 2.24) is 5.32 Å². The molecule has 1 unspecified atom stereocenters. The predicted molar refractivity (Wildman–Crippen MR) is 73.8 cm³/mol. The molecule has 2 fully saturated rings. The van der Waals surface area contributed by atoms with Crippen LogP contribution >= 0.6 is 0 Å². The number of hydrogen-bond donors (Lipinski definition) is 1. The minimum absolute atomic E-state index is 0.00361. The van der Waals surface area contributed by atoms with Gasteiger partial charge in [0.05, 0.1) is 11.2 Å². The van der Waals surface area contributed by atoms with E-state index in [0.717, 1.165) is 38.5 Å². The van der Waals surface area contributed by atoms with Gasteiger partial charge in [-0.15, -0.1) is 0 Å². The van der Waals surface area contributed by atoms with E-state index in [1.165, 1.54) is 12.8 Å². The fourth-order valence-electron chi connectivity index (χ4n) is 2.87. The molecular weight excluding hydrogens is 226 g/mol. The molecule has 106 valence electrons. The Morgan fingerprint density at radius 3 is 2.50 bits per heavy atom. The molecule has 0 aromatic rings. The Morgan fingerprint density at radius 1 is 1.22 bits per heavy atom. The first-order valence-corrected chi connectivity index (χ1v) is 7.40. The quantitative estimate of drug-likeness (QED) is 0.710. The van der Waals surface area contributed by atoms with E-state index in [4.69, 9.17) is 9.47 Å². The first-order chi connectivity index (χ1) is 8.39. The van der Waals surface area contributed by atoms with Gasteiger partial charge in [0.2, 0.25) is 0 Å². The highest BCUT2D eigenvalue weighted by atomic mass is 16.5. The summed E-state index contributed by atoms with van der Waals surface area (Å²) in [5.41, 5.74) is -0.0536. The van der Waals surface area contributed by atoms with Gasteiger partial charge in [-0.2, -0.15) is 0 Å². The molecular formula is C15H29NO2. The predicted octanol–water partition coefficient (Wildman–Crippen LogP) is 2.74. The van der Waals surface area contributed by atoms with E-state index in [-0.39, 0.29) is 11.2 Å². The highest BCUT2D eigenvalue weighted by Gasteiger charge is 2.45. The van der Waals surface area contributed by atoms with Crippen molar-refractivity contribution in [2.45, 2.75) is 70.6 Å². The van der Waals surface area contributed by atoms with Gasteiger partial charge in [-0.1, -0.05) is 0 Å². The van der Waals surface area contributed by atoms with Gasteiger partial charge in [-0.3, -0.25) is 0 Å². The normalized spacial score (nSPS) is 29.7. The monoisotopic (exact) mass is 255 g/mol. The highest BCUT2D eigenvalue weighted by molar-refractivity contribution is 4.98. The van der Waals surface area contributed by atoms with Gasteiger partial charge in [-0.25, -0.2) is 0 Å². The smallest absolute Gasteiger partial charge is 0.0787 e. The molecule has 18 heavy (non-hydrogen) atoms. The van der Waals surface area contributed by atoms with Crippen molar-refractivity contribution >= 4 is 0 Å². The second-order valence-corrected chi connectivity index (χ2v) is 7.05. The lowest BCUT2D eigenvalue weighted by Gasteiger charge is -2.27. The van der Waals surface area contributed by atoms with Gasteiger partial charge in [-0.05, 0) is 65.8 Å². The molecule has 2 rings (SSSR count). The number of hydrogen-bond acceptors (Lipinski definition) is 3. The summed E-state index contributed by atoms with van der Waals surface area (Å²) in [6, 6.07) is 0.455. The number of ether oxygens (including phenoxy) is 2. The van der Waals surface area contributed by atoms with Gasteiger partial charge >= 0.3 is 0 Å². The molecule has 0 amide bonds. The maximum atomic E-state index is 6.07. The molecule has 1 saturated heterocycles. The number of nitrogens with one attached hydrogen (secondary N) is 1. The van der Waals surface area contributed by atoms with E-state index in [9.17, 15) is 0 Å². The van der Waals surface area contributed by atoms with Crippen molar-refractivity contribution in [3.63, 3.8) is 0 Å². The summed E-state index contributed by atoms with van der Waals surface area (Å²) in [5.74, 6) is 0.876. The van der Waals surface area contributed by atoms with Crippen molar-refractivity contribution in [2.24, 2.45) is 5.92 Å². The third-order valence-corrected chi connectivity index (χ3v) is 3.98. The highest BCUT2D eigenvalue weighted by Crippen LogP contribution is 2.37. The first-order valence-electron chi connectivity index (χ1n) is 7.40. The van der Waals surface area contributed by atoms with Crippen molar-refractivity contribution in [2.75, 3.05) is 19.8 Å². The molecule has 0 bridgehead atoms. The van der Waals surface area contributed by atoms with Crippen LogP contribution in [0.1, 0.15) is 53.4 Å². The molecule has 1 aliphatic carbocycles. The third-order valence-electron chi connectivity index (χ3n) is 3.98. The summed E-state index contributed by atoms with van der Waals surface area (Å²) in [4.78, 5) is 0. The third kappa shape index (κ3) is 4.22. The Balaban J connectivity index is 1.57. The van der Waals surface area contributed by atoms with Gasteiger partial charge in [0.1, 0.15) is 0 Å². The standard InChI is InChI=1S/C15H29NO2/c1-14(2)10-13(15(3,4)18-14)16-8-5-9-17-11-12-6-7-12/h12-13,16H,5-11H2,1-4H3. The Bertz CT molecular complexity index is 272. The maximum Gasteiger partial charge on any atom is 0.0787 e. The molecule has 1 saturated carbocycles. The fraction of sp³-hybridized carbons (Fsp3) is 1.00. The minimum atomic E-state index is -0.0572. The summed E-state index contributed by atoms with van der Waals surface area (Å²) in [5, 5.41) is 3.63. The van der Waals surface area contributed by atoms with Crippen molar-refractivity contribution < 1.29 is 9.47 Å². The Hall–Kier alpha value is -0.120. The number of rotatable bonds is 7. The Labute approximate surface area is 112 Å². The van der Waals surface area contributed by atoms with Gasteiger partial charge in [0.25, 0.3) is 0 Å². The zero-order valence-corrected chi connectivity index (χ0v) is 12.4. The van der Waals surface area contributed by atoms with Crippen LogP contribution < -0.4 is 5.32 Å². The summed E-state index contributed by atoms with van der Waals surface area (Å²) in [6.45, 7) is 11.6. The lowest BCUT2D eigenvalue weighted by Crippen LogP contribution is -2.43. The lowest BCUT2D eigenvalue weighted by molar-refractivity contribution is -0.0698. The second kappa shape index (κ2) is 5.48. The van der Waals surface area contributed by atoms with Crippen molar-refractivity contribution in [3.05, 3.63) is 0 Å². The molecule has 0 aromatic carbocycles. The summed E-state index contributed by atoms with van der Waals surface area (Å²) in [7, 11) is 0. The lowest BCUT2D eigenvalue weighted by atomic mass is 9.94. The summed E-state index contributed by atoms with van der Waals surface area (Å²) < 4.78 is 11.7. The van der Waals surface area contributed by atoms with E-state index >= 15 is 0 Å². The molecule has 1 atom stereocenters. The van der Waals surface area contributed by atoms with Crippen LogP contribution in [-0.2, 0) is 9.47 Å². The molecule has 3 heteroatoms. The van der Waals surface area contributed by atoms with Gasteiger partial charge < -0.3 is 14.8 Å². The van der Waals surface area contributed by atoms with Crippen LogP contribution in [0.2, 0.25) is 0 Å². The Kier molecular flexibility index (Phi) is 4.35. The van der Waals surface area contributed by atoms with E-state index in [2.05, 4.69) is 33.0 Å². The average Bonchev–Trinajstić information content (AvgIpc) is 2.99. The van der Waals surface area contributed by atoms with Gasteiger partial charge in [0, 0.05) is 19.3 Å². The van der Waals surface area contributed by atoms with Crippen molar-refractivity contribution in [3.8, 4) is 0 Å². The Morgan fingerprint density at radius 2 is 1.94 bits per heavy atom. The molecule has 2 aliphatic rings. The maximum absolute atomic E-state index is 6.07. The zero-order chi connectivity index (χ0) is 13.2. The van der Waals surface area contributed by atoms with E-state index < -0.39 is 0 Å². The molecule has 1 heterocycles. The molecule has 1 N–H and O–H groups in total. The van der Waals surface area contributed by atoms with Crippen LogP contribution in [0.5, 0.6) is 0 Å². The van der Waals surface area contributed by atoms with Crippen LogP contribution in [-0.4, -0.2) is 37.0 Å².